The third-order valence-corrected chi connectivity index (χ3v) is 7.81. The normalized spacial score (nSPS) is 23.5. The molecule has 6 rings (SSSR count). The van der Waals surface area contributed by atoms with Crippen molar-refractivity contribution in [3.8, 4) is 11.3 Å². The van der Waals surface area contributed by atoms with Crippen LogP contribution in [0.25, 0.3) is 11.3 Å². The zero-order chi connectivity index (χ0) is 23.7. The van der Waals surface area contributed by atoms with Gasteiger partial charge in [0, 0.05) is 51.5 Å². The molecule has 1 aromatic heterocycles. The molecule has 3 fully saturated rings. The Hall–Kier alpha value is -2.48. The van der Waals surface area contributed by atoms with Crippen LogP contribution in [0.3, 0.4) is 0 Å². The van der Waals surface area contributed by atoms with Crippen molar-refractivity contribution >= 4 is 39.2 Å². The number of fused-ring (bicyclic) bond motifs is 3. The van der Waals surface area contributed by atoms with Gasteiger partial charge in [-0.3, -0.25) is 4.90 Å². The molecule has 4 heterocycles. The zero-order valence-corrected chi connectivity index (χ0v) is 21.3. The van der Waals surface area contributed by atoms with Gasteiger partial charge in [0.05, 0.1) is 5.69 Å². The van der Waals surface area contributed by atoms with E-state index in [0.29, 0.717) is 29.4 Å². The summed E-state index contributed by atoms with van der Waals surface area (Å²) in [4.78, 5) is 24.4. The number of benzene rings is 2. The van der Waals surface area contributed by atoms with Crippen LogP contribution in [0.4, 0.5) is 10.5 Å². The Bertz CT molecular complexity index is 1190. The Morgan fingerprint density at radius 2 is 1.97 bits per heavy atom. The molecule has 176 valence electrons. The van der Waals surface area contributed by atoms with E-state index in [1.165, 1.54) is 0 Å². The minimum absolute atomic E-state index is 0.189. The number of nitrogens with one attached hydrogen (secondary N) is 2. The molecule has 0 saturated carbocycles. The van der Waals surface area contributed by atoms with Gasteiger partial charge < -0.3 is 10.6 Å². The number of halogens is 2. The van der Waals surface area contributed by atoms with E-state index in [0.717, 1.165) is 58.9 Å². The predicted molar refractivity (Wildman–Crippen MR) is 139 cm³/mol. The van der Waals surface area contributed by atoms with E-state index in [1.54, 1.807) is 24.3 Å². The van der Waals surface area contributed by atoms with Gasteiger partial charge in [-0.05, 0) is 68.6 Å². The standard InChI is InChI=1S/C26H27BrClN5O/c1-16-30-24(21-4-2-3-5-23(21)27)13-25(31-16)22-15-33-11-10-17(22)12-20(33)14-29-26(34)32-19-8-6-18(28)7-9-19/h2-9,13,17,20,22H,10-12,14-15H2,1H3,(H2,29,32,34)/t17-,20+,22-/m0/s1. The van der Waals surface area contributed by atoms with E-state index < -0.39 is 0 Å². The molecule has 2 bridgehead atoms. The van der Waals surface area contributed by atoms with Gasteiger partial charge >= 0.3 is 6.03 Å². The highest BCUT2D eigenvalue weighted by Gasteiger charge is 2.41. The maximum atomic E-state index is 12.4. The molecule has 3 aliphatic rings. The summed E-state index contributed by atoms with van der Waals surface area (Å²) in [5.41, 5.74) is 3.90. The number of carbonyl (C=O) groups is 1. The summed E-state index contributed by atoms with van der Waals surface area (Å²) in [7, 11) is 0. The molecular formula is C26H27BrClN5O. The SMILES string of the molecule is Cc1nc(-c2ccccc2Br)cc([C@H]2CN3CC[C@H]2C[C@@H]3CNC(=O)Nc2ccc(Cl)cc2)n1. The van der Waals surface area contributed by atoms with E-state index in [1.807, 2.05) is 25.1 Å². The fraction of sp³-hybridized carbons (Fsp3) is 0.346. The van der Waals surface area contributed by atoms with Crippen LogP contribution < -0.4 is 10.6 Å². The first-order valence-electron chi connectivity index (χ1n) is 11.6. The summed E-state index contributed by atoms with van der Waals surface area (Å²) in [6, 6.07) is 17.6. The van der Waals surface area contributed by atoms with E-state index in [4.69, 9.17) is 21.6 Å². The Morgan fingerprint density at radius 3 is 2.71 bits per heavy atom. The first kappa shape index (κ1) is 23.3. The number of rotatable bonds is 5. The summed E-state index contributed by atoms with van der Waals surface area (Å²) in [6.45, 7) is 4.63. The minimum Gasteiger partial charge on any atom is -0.336 e. The van der Waals surface area contributed by atoms with Crippen LogP contribution in [0.15, 0.2) is 59.1 Å². The maximum absolute atomic E-state index is 12.4. The molecular weight excluding hydrogens is 514 g/mol. The van der Waals surface area contributed by atoms with Crippen molar-refractivity contribution in [2.75, 3.05) is 25.0 Å². The molecule has 2 amide bonds. The second-order valence-electron chi connectivity index (χ2n) is 9.09. The molecule has 4 atom stereocenters. The molecule has 0 radical (unpaired) electrons. The molecule has 0 spiro atoms. The fourth-order valence-corrected chi connectivity index (χ4v) is 5.81. The Labute approximate surface area is 213 Å². The van der Waals surface area contributed by atoms with Gasteiger partial charge in [0.15, 0.2) is 0 Å². The highest BCUT2D eigenvalue weighted by Crippen LogP contribution is 2.42. The van der Waals surface area contributed by atoms with Crippen LogP contribution in [-0.2, 0) is 0 Å². The minimum atomic E-state index is -0.189. The van der Waals surface area contributed by atoms with Gasteiger partial charge in [-0.1, -0.05) is 45.7 Å². The number of hydrogen-bond donors (Lipinski definition) is 2. The smallest absolute Gasteiger partial charge is 0.319 e. The first-order chi connectivity index (χ1) is 16.5. The first-order valence-corrected chi connectivity index (χ1v) is 12.8. The topological polar surface area (TPSA) is 70.2 Å². The third-order valence-electron chi connectivity index (χ3n) is 6.87. The molecule has 1 unspecified atom stereocenters. The molecule has 2 N–H and O–H groups in total. The molecule has 8 heteroatoms. The van der Waals surface area contributed by atoms with Gasteiger partial charge in [0.1, 0.15) is 5.82 Å². The molecule has 3 saturated heterocycles. The van der Waals surface area contributed by atoms with Gasteiger partial charge in [0.25, 0.3) is 0 Å². The number of carbonyl (C=O) groups excluding carboxylic acids is 1. The van der Waals surface area contributed by atoms with Crippen molar-refractivity contribution in [2.24, 2.45) is 5.92 Å². The lowest BCUT2D eigenvalue weighted by Gasteiger charge is -2.49. The number of hydrogen-bond acceptors (Lipinski definition) is 4. The molecule has 34 heavy (non-hydrogen) atoms. The van der Waals surface area contributed by atoms with Crippen LogP contribution in [-0.4, -0.2) is 46.6 Å². The summed E-state index contributed by atoms with van der Waals surface area (Å²) < 4.78 is 1.04. The lowest BCUT2D eigenvalue weighted by molar-refractivity contribution is 0.0307. The van der Waals surface area contributed by atoms with Crippen LogP contribution in [0.5, 0.6) is 0 Å². The molecule has 2 aromatic carbocycles. The van der Waals surface area contributed by atoms with E-state index in [-0.39, 0.29) is 6.03 Å². The number of aromatic nitrogens is 2. The van der Waals surface area contributed by atoms with E-state index in [2.05, 4.69) is 43.6 Å². The number of aryl methyl sites for hydroxylation is 1. The van der Waals surface area contributed by atoms with Crippen molar-refractivity contribution in [3.05, 3.63) is 75.6 Å². The average molecular weight is 541 g/mol. The van der Waals surface area contributed by atoms with Gasteiger partial charge in [-0.25, -0.2) is 14.8 Å². The lowest BCUT2D eigenvalue weighted by atomic mass is 9.74. The summed E-state index contributed by atoms with van der Waals surface area (Å²) in [5.74, 6) is 1.74. The average Bonchev–Trinajstić information content (AvgIpc) is 2.84. The molecule has 6 nitrogen and oxygen atoms in total. The lowest BCUT2D eigenvalue weighted by Crippen LogP contribution is -2.56. The highest BCUT2D eigenvalue weighted by atomic mass is 79.9. The second-order valence-corrected chi connectivity index (χ2v) is 10.4. The summed E-state index contributed by atoms with van der Waals surface area (Å²) in [6.07, 6.45) is 2.21. The number of nitrogens with zero attached hydrogens (tertiary/aromatic N) is 3. The summed E-state index contributed by atoms with van der Waals surface area (Å²) in [5, 5.41) is 6.56. The van der Waals surface area contributed by atoms with Crippen molar-refractivity contribution in [1.29, 1.82) is 0 Å². The van der Waals surface area contributed by atoms with Gasteiger partial charge in [-0.2, -0.15) is 0 Å². The highest BCUT2D eigenvalue weighted by molar-refractivity contribution is 9.10. The fourth-order valence-electron chi connectivity index (χ4n) is 5.19. The van der Waals surface area contributed by atoms with Crippen molar-refractivity contribution in [1.82, 2.24) is 20.2 Å². The van der Waals surface area contributed by atoms with Crippen molar-refractivity contribution in [2.45, 2.75) is 31.7 Å². The Kier molecular flexibility index (Phi) is 6.86. The van der Waals surface area contributed by atoms with Crippen LogP contribution in [0, 0.1) is 12.8 Å². The number of urea groups is 1. The van der Waals surface area contributed by atoms with Gasteiger partial charge in [0.2, 0.25) is 0 Å². The number of piperidine rings is 3. The Morgan fingerprint density at radius 1 is 1.18 bits per heavy atom. The van der Waals surface area contributed by atoms with E-state index in [9.17, 15) is 4.79 Å². The number of anilines is 1. The largest absolute Gasteiger partial charge is 0.336 e. The monoisotopic (exact) mass is 539 g/mol. The van der Waals surface area contributed by atoms with Crippen molar-refractivity contribution in [3.63, 3.8) is 0 Å². The number of amides is 2. The zero-order valence-electron chi connectivity index (χ0n) is 19.0. The van der Waals surface area contributed by atoms with Gasteiger partial charge in [-0.15, -0.1) is 0 Å². The third kappa shape index (κ3) is 5.11. The van der Waals surface area contributed by atoms with E-state index >= 15 is 0 Å². The van der Waals surface area contributed by atoms with Crippen LogP contribution in [0.1, 0.15) is 30.3 Å². The maximum Gasteiger partial charge on any atom is 0.319 e. The Balaban J connectivity index is 1.24. The molecule has 3 aromatic rings. The van der Waals surface area contributed by atoms with Crippen LogP contribution in [0.2, 0.25) is 5.02 Å². The molecule has 0 aliphatic carbocycles. The summed E-state index contributed by atoms with van der Waals surface area (Å²) >= 11 is 9.57. The van der Waals surface area contributed by atoms with Crippen molar-refractivity contribution < 1.29 is 4.79 Å². The van der Waals surface area contributed by atoms with Crippen LogP contribution >= 0.6 is 27.5 Å². The second kappa shape index (κ2) is 10.0. The predicted octanol–water partition coefficient (Wildman–Crippen LogP) is 5.87. The quantitative estimate of drug-likeness (QED) is 0.425. The molecule has 3 aliphatic heterocycles.